The highest BCUT2D eigenvalue weighted by Crippen LogP contribution is 2.36. The van der Waals surface area contributed by atoms with Gasteiger partial charge in [0.15, 0.2) is 0 Å². The Hall–Kier alpha value is -2.92. The van der Waals surface area contributed by atoms with Gasteiger partial charge in [0, 0.05) is 31.9 Å². The van der Waals surface area contributed by atoms with Crippen molar-refractivity contribution in [2.45, 2.75) is 17.1 Å². The van der Waals surface area contributed by atoms with Crippen molar-refractivity contribution < 1.29 is 26.4 Å². The lowest BCUT2D eigenvalue weighted by atomic mass is 10.0. The molecule has 1 N–H and O–H groups in total. The zero-order valence-electron chi connectivity index (χ0n) is 19.0. The third-order valence-corrected chi connectivity index (χ3v) is 8.16. The largest absolute Gasteiger partial charge is 0.417 e. The van der Waals surface area contributed by atoms with Crippen molar-refractivity contribution in [1.82, 2.24) is 9.21 Å². The zero-order valence-corrected chi connectivity index (χ0v) is 20.5. The molecule has 0 bridgehead atoms. The molecular formula is C25H23ClF3N3O3S. The number of carbonyl (C=O) groups is 1. The summed E-state index contributed by atoms with van der Waals surface area (Å²) in [5.41, 5.74) is -0.444. The molecule has 0 unspecified atom stereocenters. The van der Waals surface area contributed by atoms with Crippen LogP contribution < -0.4 is 5.32 Å². The van der Waals surface area contributed by atoms with Crippen LogP contribution in [0.2, 0.25) is 5.02 Å². The number of alkyl halides is 3. The normalized spacial score (nSPS) is 16.4. The Kier molecular flexibility index (Phi) is 7.70. The third-order valence-electron chi connectivity index (χ3n) is 5.92. The van der Waals surface area contributed by atoms with Crippen LogP contribution in [0, 0.1) is 0 Å². The lowest BCUT2D eigenvalue weighted by molar-refractivity contribution is -0.137. The topological polar surface area (TPSA) is 69.7 Å². The van der Waals surface area contributed by atoms with Gasteiger partial charge in [-0.2, -0.15) is 17.5 Å². The van der Waals surface area contributed by atoms with Crippen molar-refractivity contribution in [3.05, 3.63) is 95.0 Å². The average molecular weight is 538 g/mol. The molecule has 0 saturated carbocycles. The Balaban J connectivity index is 1.55. The SMILES string of the molecule is O=C(Nc1ccc(Cl)c(C(F)(F)F)c1)[C@H](c1ccccc1)N1CCN(S(=O)(=O)c2ccccc2)CC1. The Morgan fingerprint density at radius 3 is 2.06 bits per heavy atom. The number of hydrogen-bond donors (Lipinski definition) is 1. The lowest BCUT2D eigenvalue weighted by Crippen LogP contribution is -2.51. The molecule has 0 aliphatic carbocycles. The van der Waals surface area contributed by atoms with Crippen LogP contribution in [0.15, 0.2) is 83.8 Å². The van der Waals surface area contributed by atoms with E-state index in [9.17, 15) is 26.4 Å². The Morgan fingerprint density at radius 1 is 0.889 bits per heavy atom. The molecule has 0 spiro atoms. The maximum absolute atomic E-state index is 13.4. The second-order valence-electron chi connectivity index (χ2n) is 8.25. The van der Waals surface area contributed by atoms with Crippen LogP contribution in [0.25, 0.3) is 0 Å². The van der Waals surface area contributed by atoms with Crippen LogP contribution in [0.4, 0.5) is 18.9 Å². The first-order valence-electron chi connectivity index (χ1n) is 11.1. The van der Waals surface area contributed by atoms with Crippen molar-refractivity contribution in [3.63, 3.8) is 0 Å². The minimum atomic E-state index is -4.67. The van der Waals surface area contributed by atoms with Gasteiger partial charge in [0.05, 0.1) is 15.5 Å². The molecule has 1 heterocycles. The van der Waals surface area contributed by atoms with E-state index in [1.165, 1.54) is 22.5 Å². The summed E-state index contributed by atoms with van der Waals surface area (Å²) in [7, 11) is -3.68. The van der Waals surface area contributed by atoms with E-state index in [0.717, 1.165) is 12.1 Å². The fourth-order valence-electron chi connectivity index (χ4n) is 4.14. The van der Waals surface area contributed by atoms with Gasteiger partial charge in [-0.25, -0.2) is 8.42 Å². The molecular weight excluding hydrogens is 515 g/mol. The molecule has 6 nitrogen and oxygen atoms in total. The highest BCUT2D eigenvalue weighted by atomic mass is 35.5. The number of nitrogens with zero attached hydrogens (tertiary/aromatic N) is 2. The van der Waals surface area contributed by atoms with Crippen molar-refractivity contribution in [1.29, 1.82) is 0 Å². The number of anilines is 1. The predicted octanol–water partition coefficient (Wildman–Crippen LogP) is 5.05. The average Bonchev–Trinajstić information content (AvgIpc) is 2.86. The molecule has 1 saturated heterocycles. The summed E-state index contributed by atoms with van der Waals surface area (Å²) < 4.78 is 67.1. The number of piperazine rings is 1. The second kappa shape index (κ2) is 10.6. The number of hydrogen-bond acceptors (Lipinski definition) is 4. The summed E-state index contributed by atoms with van der Waals surface area (Å²) in [6.07, 6.45) is -4.67. The molecule has 190 valence electrons. The van der Waals surface area contributed by atoms with Crippen LogP contribution >= 0.6 is 11.6 Å². The van der Waals surface area contributed by atoms with Crippen molar-refractivity contribution in [2.75, 3.05) is 31.5 Å². The molecule has 1 atom stereocenters. The first kappa shape index (κ1) is 26.2. The Labute approximate surface area is 212 Å². The van der Waals surface area contributed by atoms with Gasteiger partial charge >= 0.3 is 6.18 Å². The van der Waals surface area contributed by atoms with Gasteiger partial charge in [-0.05, 0) is 35.9 Å². The summed E-state index contributed by atoms with van der Waals surface area (Å²) in [4.78, 5) is 15.4. The predicted molar refractivity (Wildman–Crippen MR) is 131 cm³/mol. The van der Waals surface area contributed by atoms with Crippen molar-refractivity contribution in [2.24, 2.45) is 0 Å². The first-order chi connectivity index (χ1) is 17.1. The summed E-state index contributed by atoms with van der Waals surface area (Å²) in [5, 5.41) is 2.11. The zero-order chi connectivity index (χ0) is 25.9. The minimum absolute atomic E-state index is 0.0389. The van der Waals surface area contributed by atoms with E-state index < -0.39 is 38.7 Å². The Bertz CT molecular complexity index is 1310. The molecule has 36 heavy (non-hydrogen) atoms. The van der Waals surface area contributed by atoms with Crippen LogP contribution in [0.1, 0.15) is 17.2 Å². The van der Waals surface area contributed by atoms with Crippen molar-refractivity contribution in [3.8, 4) is 0 Å². The maximum Gasteiger partial charge on any atom is 0.417 e. The third kappa shape index (κ3) is 5.73. The molecule has 3 aromatic carbocycles. The number of sulfonamides is 1. The van der Waals surface area contributed by atoms with E-state index in [4.69, 9.17) is 11.6 Å². The minimum Gasteiger partial charge on any atom is -0.324 e. The van der Waals surface area contributed by atoms with Gasteiger partial charge < -0.3 is 5.32 Å². The quantitative estimate of drug-likeness (QED) is 0.478. The van der Waals surface area contributed by atoms with Crippen LogP contribution in [-0.2, 0) is 21.0 Å². The smallest absolute Gasteiger partial charge is 0.324 e. The molecule has 3 aromatic rings. The highest BCUT2D eigenvalue weighted by molar-refractivity contribution is 7.89. The fraction of sp³-hybridized carbons (Fsp3) is 0.240. The highest BCUT2D eigenvalue weighted by Gasteiger charge is 2.36. The van der Waals surface area contributed by atoms with Gasteiger partial charge in [0.25, 0.3) is 0 Å². The van der Waals surface area contributed by atoms with E-state index in [0.29, 0.717) is 5.56 Å². The standard InChI is InChI=1S/C25H23ClF3N3O3S/c26-22-12-11-19(17-21(22)25(27,28)29)30-24(33)23(18-7-3-1-4-8-18)31-13-15-32(16-14-31)36(34,35)20-9-5-2-6-10-20/h1-12,17,23H,13-16H2,(H,30,33)/t23-/m0/s1. The van der Waals surface area contributed by atoms with Crippen LogP contribution in [0.3, 0.4) is 0 Å². The fourth-order valence-corrected chi connectivity index (χ4v) is 5.81. The molecule has 1 amide bonds. The van der Waals surface area contributed by atoms with Crippen LogP contribution in [0.5, 0.6) is 0 Å². The number of amides is 1. The number of benzene rings is 3. The molecule has 4 rings (SSSR count). The van der Waals surface area contributed by atoms with E-state index in [2.05, 4.69) is 5.32 Å². The molecule has 11 heteroatoms. The molecule has 0 radical (unpaired) electrons. The van der Waals surface area contributed by atoms with Gasteiger partial charge in [-0.3, -0.25) is 9.69 Å². The molecule has 1 fully saturated rings. The summed E-state index contributed by atoms with van der Waals surface area (Å²) in [5.74, 6) is -0.531. The summed E-state index contributed by atoms with van der Waals surface area (Å²) in [6.45, 7) is 0.834. The lowest BCUT2D eigenvalue weighted by Gasteiger charge is -2.38. The van der Waals surface area contributed by atoms with E-state index in [-0.39, 0.29) is 36.8 Å². The number of nitrogens with one attached hydrogen (secondary N) is 1. The first-order valence-corrected chi connectivity index (χ1v) is 12.9. The van der Waals surface area contributed by atoms with Gasteiger partial charge in [0.1, 0.15) is 6.04 Å². The van der Waals surface area contributed by atoms with Gasteiger partial charge in [0.2, 0.25) is 15.9 Å². The molecule has 1 aliphatic rings. The van der Waals surface area contributed by atoms with Crippen LogP contribution in [-0.4, -0.2) is 49.7 Å². The summed E-state index contributed by atoms with van der Waals surface area (Å²) in [6, 6.07) is 19.3. The molecule has 1 aliphatic heterocycles. The maximum atomic E-state index is 13.4. The van der Waals surface area contributed by atoms with E-state index in [1.807, 2.05) is 4.90 Å². The number of carbonyl (C=O) groups excluding carboxylic acids is 1. The monoisotopic (exact) mass is 537 g/mol. The summed E-state index contributed by atoms with van der Waals surface area (Å²) >= 11 is 5.70. The van der Waals surface area contributed by atoms with Crippen molar-refractivity contribution >= 4 is 33.2 Å². The second-order valence-corrected chi connectivity index (χ2v) is 10.6. The Morgan fingerprint density at radius 2 is 1.47 bits per heavy atom. The van der Waals surface area contributed by atoms with E-state index >= 15 is 0 Å². The number of halogens is 4. The van der Waals surface area contributed by atoms with Gasteiger partial charge in [-0.15, -0.1) is 0 Å². The molecule has 0 aromatic heterocycles. The van der Waals surface area contributed by atoms with Gasteiger partial charge in [-0.1, -0.05) is 60.1 Å². The number of rotatable bonds is 6. The van der Waals surface area contributed by atoms with E-state index in [1.54, 1.807) is 48.5 Å².